The highest BCUT2D eigenvalue weighted by Gasteiger charge is 2.15. The first-order valence-corrected chi connectivity index (χ1v) is 5.43. The van der Waals surface area contributed by atoms with Crippen molar-refractivity contribution in [3.63, 3.8) is 0 Å². The summed E-state index contributed by atoms with van der Waals surface area (Å²) in [5.74, 6) is 1.06. The number of amides is 1. The summed E-state index contributed by atoms with van der Waals surface area (Å²) in [4.78, 5) is 15.3. The summed E-state index contributed by atoms with van der Waals surface area (Å²) >= 11 is 5.76. The van der Waals surface area contributed by atoms with Crippen LogP contribution in [0.15, 0.2) is 18.3 Å². The average molecular weight is 268 g/mol. The van der Waals surface area contributed by atoms with Crippen molar-refractivity contribution < 1.29 is 9.53 Å². The molecule has 0 aromatic carbocycles. The molecule has 1 amide bonds. The molecule has 0 aliphatic carbocycles. The number of ether oxygens (including phenoxy) is 1. The first kappa shape index (κ1) is 12.3. The summed E-state index contributed by atoms with van der Waals surface area (Å²) in [7, 11) is 1.45. The minimum Gasteiger partial charge on any atom is -0.374 e. The highest BCUT2D eigenvalue weighted by atomic mass is 35.5. The lowest BCUT2D eigenvalue weighted by molar-refractivity contribution is 0.198. The third-order valence-corrected chi connectivity index (χ3v) is 2.35. The Morgan fingerprint density at radius 2 is 2.22 bits per heavy atom. The summed E-state index contributed by atoms with van der Waals surface area (Å²) in [5, 5.41) is 10.4. The largest absolute Gasteiger partial charge is 0.414 e. The zero-order valence-corrected chi connectivity index (χ0v) is 10.5. The number of aromatic nitrogens is 4. The van der Waals surface area contributed by atoms with E-state index >= 15 is 0 Å². The van der Waals surface area contributed by atoms with E-state index in [-0.39, 0.29) is 6.01 Å². The number of carbonyl (C=O) groups is 1. The molecule has 7 nitrogen and oxygen atoms in total. The lowest BCUT2D eigenvalue weighted by Crippen LogP contribution is -2.23. The molecule has 1 N–H and O–H groups in total. The minimum atomic E-state index is -0.627. The predicted molar refractivity (Wildman–Crippen MR) is 64.0 cm³/mol. The van der Waals surface area contributed by atoms with E-state index in [9.17, 15) is 4.79 Å². The number of nitrogens with one attached hydrogen (secondary N) is 1. The van der Waals surface area contributed by atoms with Crippen LogP contribution in [0.5, 0.6) is 6.01 Å². The molecule has 0 aliphatic heterocycles. The number of aryl methyl sites for hydroxylation is 1. The van der Waals surface area contributed by atoms with Crippen LogP contribution >= 0.6 is 11.6 Å². The molecule has 2 aromatic rings. The van der Waals surface area contributed by atoms with Crippen molar-refractivity contribution in [3.05, 3.63) is 29.2 Å². The van der Waals surface area contributed by atoms with Crippen LogP contribution in [-0.4, -0.2) is 32.9 Å². The Morgan fingerprint density at radius 3 is 2.83 bits per heavy atom. The van der Waals surface area contributed by atoms with E-state index in [1.54, 1.807) is 19.1 Å². The van der Waals surface area contributed by atoms with Crippen molar-refractivity contribution in [1.82, 2.24) is 25.1 Å². The molecule has 0 atom stereocenters. The maximum atomic E-state index is 11.2. The Morgan fingerprint density at radius 1 is 1.44 bits per heavy atom. The standard InChI is InChI=1S/C10H10ClN5O2/c1-6-14-15-9(18-10(17)12-2)16(6)8-4-3-7(11)5-13-8/h3-5H,1-2H3,(H,12,17). The van der Waals surface area contributed by atoms with E-state index in [1.807, 2.05) is 0 Å². The van der Waals surface area contributed by atoms with Crippen LogP contribution in [0.25, 0.3) is 5.82 Å². The summed E-state index contributed by atoms with van der Waals surface area (Å²) in [6, 6.07) is 3.39. The van der Waals surface area contributed by atoms with Crippen LogP contribution in [0.2, 0.25) is 5.02 Å². The van der Waals surface area contributed by atoms with Crippen molar-refractivity contribution in [2.45, 2.75) is 6.92 Å². The first-order chi connectivity index (χ1) is 8.61. The molecule has 0 spiro atoms. The van der Waals surface area contributed by atoms with Crippen LogP contribution < -0.4 is 10.1 Å². The quantitative estimate of drug-likeness (QED) is 0.888. The fraction of sp³-hybridized carbons (Fsp3) is 0.200. The molecule has 0 radical (unpaired) electrons. The Labute approximate surface area is 108 Å². The van der Waals surface area contributed by atoms with E-state index in [0.29, 0.717) is 16.7 Å². The molecule has 2 rings (SSSR count). The van der Waals surface area contributed by atoms with Gasteiger partial charge in [0.2, 0.25) is 0 Å². The van der Waals surface area contributed by atoms with E-state index in [4.69, 9.17) is 16.3 Å². The van der Waals surface area contributed by atoms with Gasteiger partial charge in [0.05, 0.1) is 5.02 Å². The molecule has 2 heterocycles. The molecule has 0 saturated carbocycles. The van der Waals surface area contributed by atoms with Gasteiger partial charge in [0.15, 0.2) is 0 Å². The van der Waals surface area contributed by atoms with Crippen LogP contribution in [-0.2, 0) is 0 Å². The molecule has 18 heavy (non-hydrogen) atoms. The number of halogens is 1. The molecule has 0 fully saturated rings. The number of pyridine rings is 1. The van der Waals surface area contributed by atoms with Crippen LogP contribution in [0.1, 0.15) is 5.82 Å². The molecule has 94 valence electrons. The maximum Gasteiger partial charge on any atom is 0.414 e. The van der Waals surface area contributed by atoms with Gasteiger partial charge in [-0.3, -0.25) is 0 Å². The van der Waals surface area contributed by atoms with E-state index in [0.717, 1.165) is 0 Å². The molecule has 0 saturated heterocycles. The number of nitrogens with zero attached hydrogens (tertiary/aromatic N) is 4. The third kappa shape index (κ3) is 2.40. The zero-order valence-electron chi connectivity index (χ0n) is 9.72. The Balaban J connectivity index is 2.40. The predicted octanol–water partition coefficient (Wildman–Crippen LogP) is 1.34. The Bertz CT molecular complexity index is 566. The highest BCUT2D eigenvalue weighted by Crippen LogP contribution is 2.17. The van der Waals surface area contributed by atoms with E-state index < -0.39 is 6.09 Å². The van der Waals surface area contributed by atoms with Crippen molar-refractivity contribution in [2.75, 3.05) is 7.05 Å². The summed E-state index contributed by atoms with van der Waals surface area (Å²) < 4.78 is 6.47. The van der Waals surface area contributed by atoms with Crippen LogP contribution in [0.3, 0.4) is 0 Å². The van der Waals surface area contributed by atoms with E-state index in [1.165, 1.54) is 17.8 Å². The second kappa shape index (κ2) is 5.01. The maximum absolute atomic E-state index is 11.2. The summed E-state index contributed by atoms with van der Waals surface area (Å²) in [6.45, 7) is 1.72. The monoisotopic (exact) mass is 267 g/mol. The normalized spacial score (nSPS) is 10.2. The zero-order chi connectivity index (χ0) is 13.1. The Kier molecular flexibility index (Phi) is 3.42. The molecule has 0 bridgehead atoms. The van der Waals surface area contributed by atoms with Crippen molar-refractivity contribution in [2.24, 2.45) is 0 Å². The van der Waals surface area contributed by atoms with E-state index in [2.05, 4.69) is 20.5 Å². The molecular formula is C10H10ClN5O2. The third-order valence-electron chi connectivity index (χ3n) is 2.12. The number of hydrogen-bond acceptors (Lipinski definition) is 5. The van der Waals surface area contributed by atoms with Gasteiger partial charge < -0.3 is 10.1 Å². The summed E-state index contributed by atoms with van der Waals surface area (Å²) in [6.07, 6.45) is 0.859. The average Bonchev–Trinajstić information content (AvgIpc) is 2.72. The van der Waals surface area contributed by atoms with Gasteiger partial charge in [0.25, 0.3) is 0 Å². The van der Waals surface area contributed by atoms with Gasteiger partial charge in [-0.05, 0) is 19.1 Å². The first-order valence-electron chi connectivity index (χ1n) is 5.05. The van der Waals surface area contributed by atoms with Crippen molar-refractivity contribution in [1.29, 1.82) is 0 Å². The van der Waals surface area contributed by atoms with Gasteiger partial charge in [-0.2, -0.15) is 0 Å². The number of rotatable bonds is 2. The summed E-state index contributed by atoms with van der Waals surface area (Å²) in [5.41, 5.74) is 0. The van der Waals surface area contributed by atoms with Crippen molar-refractivity contribution >= 4 is 17.7 Å². The van der Waals surface area contributed by atoms with Gasteiger partial charge in [0.1, 0.15) is 11.6 Å². The SMILES string of the molecule is CNC(=O)Oc1nnc(C)n1-c1ccc(Cl)cn1. The van der Waals surface area contributed by atoms with Crippen molar-refractivity contribution in [3.8, 4) is 11.8 Å². The van der Waals surface area contributed by atoms with Gasteiger partial charge in [-0.15, -0.1) is 5.10 Å². The fourth-order valence-corrected chi connectivity index (χ4v) is 1.42. The second-order valence-corrected chi connectivity index (χ2v) is 3.78. The van der Waals surface area contributed by atoms with Gasteiger partial charge in [-0.1, -0.05) is 16.7 Å². The smallest absolute Gasteiger partial charge is 0.374 e. The topological polar surface area (TPSA) is 81.9 Å². The number of hydrogen-bond donors (Lipinski definition) is 1. The highest BCUT2D eigenvalue weighted by molar-refractivity contribution is 6.30. The van der Waals surface area contributed by atoms with Crippen LogP contribution in [0, 0.1) is 6.92 Å². The minimum absolute atomic E-state index is 0.0432. The van der Waals surface area contributed by atoms with Gasteiger partial charge in [0, 0.05) is 13.2 Å². The molecule has 0 unspecified atom stereocenters. The fourth-order valence-electron chi connectivity index (χ4n) is 1.31. The van der Waals surface area contributed by atoms with Gasteiger partial charge in [-0.25, -0.2) is 14.3 Å². The lowest BCUT2D eigenvalue weighted by atomic mass is 10.4. The molecule has 2 aromatic heterocycles. The van der Waals surface area contributed by atoms with Crippen LogP contribution in [0.4, 0.5) is 4.79 Å². The molecular weight excluding hydrogens is 258 g/mol. The molecule has 0 aliphatic rings. The molecule has 8 heteroatoms. The van der Waals surface area contributed by atoms with Gasteiger partial charge >= 0.3 is 12.1 Å². The second-order valence-electron chi connectivity index (χ2n) is 3.34. The lowest BCUT2D eigenvalue weighted by Gasteiger charge is -2.07. The Hall–Kier alpha value is -2.15. The number of carbonyl (C=O) groups excluding carboxylic acids is 1.